The normalized spacial score (nSPS) is 11.0. The van der Waals surface area contributed by atoms with Gasteiger partial charge >= 0.3 is 0 Å². The summed E-state index contributed by atoms with van der Waals surface area (Å²) < 4.78 is 34.6. The highest BCUT2D eigenvalue weighted by Gasteiger charge is 2.19. The highest BCUT2D eigenvalue weighted by Crippen LogP contribution is 2.26. The molecule has 6 nitrogen and oxygen atoms in total. The van der Waals surface area contributed by atoms with Crippen LogP contribution in [0.15, 0.2) is 36.5 Å². The maximum atomic E-state index is 13.8. The third-order valence-electron chi connectivity index (χ3n) is 4.03. The summed E-state index contributed by atoms with van der Waals surface area (Å²) in [5.41, 5.74) is 1.82. The maximum Gasteiger partial charge on any atom is 0.276 e. The van der Waals surface area contributed by atoms with E-state index in [-0.39, 0.29) is 11.8 Å². The molecule has 1 amide bonds. The molecule has 0 aliphatic rings. The first-order chi connectivity index (χ1) is 13.3. The third kappa shape index (κ3) is 4.00. The molecule has 3 aromatic rings. The van der Waals surface area contributed by atoms with Crippen LogP contribution in [0.1, 0.15) is 29.9 Å². The molecule has 0 bridgehead atoms. The number of aromatic nitrogens is 3. The Morgan fingerprint density at radius 1 is 1.21 bits per heavy atom. The van der Waals surface area contributed by atoms with E-state index in [1.165, 1.54) is 10.7 Å². The van der Waals surface area contributed by atoms with Crippen LogP contribution in [0.2, 0.25) is 0 Å². The number of halogens is 2. The van der Waals surface area contributed by atoms with Crippen molar-refractivity contribution in [2.45, 2.75) is 26.9 Å². The number of nitrogens with one attached hydrogen (secondary N) is 1. The monoisotopic (exact) mass is 386 g/mol. The van der Waals surface area contributed by atoms with Crippen molar-refractivity contribution in [3.63, 3.8) is 0 Å². The molecule has 0 fully saturated rings. The Balaban J connectivity index is 1.88. The van der Waals surface area contributed by atoms with Gasteiger partial charge in [0.15, 0.2) is 5.69 Å². The van der Waals surface area contributed by atoms with E-state index in [1.54, 1.807) is 25.4 Å². The summed E-state index contributed by atoms with van der Waals surface area (Å²) in [5.74, 6) is -1.92. The molecule has 1 aromatic carbocycles. The molecule has 0 spiro atoms. The van der Waals surface area contributed by atoms with Crippen molar-refractivity contribution in [2.24, 2.45) is 7.05 Å². The first kappa shape index (κ1) is 19.5. The largest absolute Gasteiger partial charge is 0.475 e. The van der Waals surface area contributed by atoms with E-state index < -0.39 is 23.2 Å². The van der Waals surface area contributed by atoms with Crippen LogP contribution in [-0.4, -0.2) is 26.8 Å². The molecule has 28 heavy (non-hydrogen) atoms. The minimum absolute atomic E-state index is 0.00327. The molecule has 8 heteroatoms. The Kier molecular flexibility index (Phi) is 5.39. The molecule has 2 heterocycles. The number of rotatable bonds is 5. The molecule has 0 aliphatic carbocycles. The highest BCUT2D eigenvalue weighted by molar-refractivity contribution is 6.03. The fraction of sp³-hybridized carbons (Fsp3) is 0.250. The van der Waals surface area contributed by atoms with Gasteiger partial charge in [-0.2, -0.15) is 5.10 Å². The standard InChI is InChI=1S/C20H20F2N4O2/c1-11(2)28-18-8-12(3)13(10-23-18)17-9-16(25-26(17)4)20(27)24-19-14(21)6-5-7-15(19)22/h5-11H,1-4H3,(H,24,27). The predicted octanol–water partition coefficient (Wildman–Crippen LogP) is 4.11. The van der Waals surface area contributed by atoms with Gasteiger partial charge < -0.3 is 10.1 Å². The second kappa shape index (κ2) is 7.75. The van der Waals surface area contributed by atoms with Crippen LogP contribution in [0, 0.1) is 18.6 Å². The molecule has 0 saturated carbocycles. The first-order valence-corrected chi connectivity index (χ1v) is 8.69. The lowest BCUT2D eigenvalue weighted by atomic mass is 10.1. The average Bonchev–Trinajstić information content (AvgIpc) is 2.99. The maximum absolute atomic E-state index is 13.8. The number of carbonyl (C=O) groups excluding carboxylic acids is 1. The van der Waals surface area contributed by atoms with E-state index >= 15 is 0 Å². The minimum atomic E-state index is -0.856. The van der Waals surface area contributed by atoms with Gasteiger partial charge in [0.1, 0.15) is 17.3 Å². The number of carbonyl (C=O) groups is 1. The Bertz CT molecular complexity index is 1010. The average molecular weight is 386 g/mol. The molecule has 0 aliphatic heterocycles. The van der Waals surface area contributed by atoms with Crippen molar-refractivity contribution in [1.29, 1.82) is 0 Å². The smallest absolute Gasteiger partial charge is 0.276 e. The zero-order valence-corrected chi connectivity index (χ0v) is 16.0. The summed E-state index contributed by atoms with van der Waals surface area (Å²) in [6.45, 7) is 5.72. The molecular formula is C20H20F2N4O2. The fourth-order valence-electron chi connectivity index (χ4n) is 2.73. The van der Waals surface area contributed by atoms with E-state index in [0.29, 0.717) is 11.6 Å². The van der Waals surface area contributed by atoms with Crippen molar-refractivity contribution in [2.75, 3.05) is 5.32 Å². The quantitative estimate of drug-likeness (QED) is 0.717. The lowest BCUT2D eigenvalue weighted by Crippen LogP contribution is -2.15. The summed E-state index contributed by atoms with van der Waals surface area (Å²) in [5, 5.41) is 6.39. The molecule has 0 saturated heterocycles. The number of aryl methyl sites for hydroxylation is 2. The minimum Gasteiger partial charge on any atom is -0.475 e. The van der Waals surface area contributed by atoms with Crippen LogP contribution in [-0.2, 0) is 7.05 Å². The molecule has 146 valence electrons. The van der Waals surface area contributed by atoms with Gasteiger partial charge in [-0.15, -0.1) is 0 Å². The molecule has 1 N–H and O–H groups in total. The molecule has 2 aromatic heterocycles. The van der Waals surface area contributed by atoms with Crippen LogP contribution in [0.25, 0.3) is 11.3 Å². The SMILES string of the molecule is Cc1cc(OC(C)C)ncc1-c1cc(C(=O)Nc2c(F)cccc2F)nn1C. The Hall–Kier alpha value is -3.29. The second-order valence-corrected chi connectivity index (χ2v) is 6.59. The van der Waals surface area contributed by atoms with Crippen molar-refractivity contribution in [3.05, 3.63) is 59.4 Å². The molecule has 3 rings (SSSR count). The van der Waals surface area contributed by atoms with Gasteiger partial charge in [-0.05, 0) is 44.5 Å². The number of pyridine rings is 1. The summed E-state index contributed by atoms with van der Waals surface area (Å²) in [6, 6.07) is 6.70. The topological polar surface area (TPSA) is 69.0 Å². The van der Waals surface area contributed by atoms with Crippen molar-refractivity contribution in [1.82, 2.24) is 14.8 Å². The predicted molar refractivity (Wildman–Crippen MR) is 101 cm³/mol. The summed E-state index contributed by atoms with van der Waals surface area (Å²) >= 11 is 0. The summed E-state index contributed by atoms with van der Waals surface area (Å²) in [4.78, 5) is 16.7. The zero-order valence-electron chi connectivity index (χ0n) is 16.0. The Morgan fingerprint density at radius 3 is 2.50 bits per heavy atom. The lowest BCUT2D eigenvalue weighted by Gasteiger charge is -2.11. The van der Waals surface area contributed by atoms with Gasteiger partial charge in [0.25, 0.3) is 5.91 Å². The van der Waals surface area contributed by atoms with Crippen LogP contribution in [0.3, 0.4) is 0 Å². The van der Waals surface area contributed by atoms with Gasteiger partial charge in [-0.25, -0.2) is 13.8 Å². The highest BCUT2D eigenvalue weighted by atomic mass is 19.1. The van der Waals surface area contributed by atoms with Crippen molar-refractivity contribution < 1.29 is 18.3 Å². The number of benzene rings is 1. The van der Waals surface area contributed by atoms with Gasteiger partial charge in [0, 0.05) is 24.9 Å². The van der Waals surface area contributed by atoms with E-state index in [4.69, 9.17) is 4.74 Å². The molecule has 0 unspecified atom stereocenters. The summed E-state index contributed by atoms with van der Waals surface area (Å²) in [7, 11) is 1.67. The number of amides is 1. The number of hydrogen-bond donors (Lipinski definition) is 1. The number of nitrogens with zero attached hydrogens (tertiary/aromatic N) is 3. The van der Waals surface area contributed by atoms with Gasteiger partial charge in [0.2, 0.25) is 5.88 Å². The van der Waals surface area contributed by atoms with Gasteiger partial charge in [-0.1, -0.05) is 6.07 Å². The second-order valence-electron chi connectivity index (χ2n) is 6.59. The van der Waals surface area contributed by atoms with Crippen molar-refractivity contribution in [3.8, 4) is 17.1 Å². The van der Waals surface area contributed by atoms with E-state index in [0.717, 1.165) is 23.3 Å². The van der Waals surface area contributed by atoms with E-state index in [9.17, 15) is 13.6 Å². The van der Waals surface area contributed by atoms with Gasteiger partial charge in [-0.3, -0.25) is 9.48 Å². The molecule has 0 atom stereocenters. The van der Waals surface area contributed by atoms with Crippen LogP contribution in [0.5, 0.6) is 5.88 Å². The molecular weight excluding hydrogens is 366 g/mol. The van der Waals surface area contributed by atoms with E-state index in [1.807, 2.05) is 20.8 Å². The van der Waals surface area contributed by atoms with Crippen LogP contribution >= 0.6 is 0 Å². The van der Waals surface area contributed by atoms with E-state index in [2.05, 4.69) is 15.4 Å². The molecule has 0 radical (unpaired) electrons. The van der Waals surface area contributed by atoms with Crippen molar-refractivity contribution >= 4 is 11.6 Å². The number of ether oxygens (including phenoxy) is 1. The van der Waals surface area contributed by atoms with Crippen LogP contribution < -0.4 is 10.1 Å². The number of para-hydroxylation sites is 1. The van der Waals surface area contributed by atoms with Crippen LogP contribution in [0.4, 0.5) is 14.5 Å². The lowest BCUT2D eigenvalue weighted by molar-refractivity contribution is 0.102. The number of anilines is 1. The Labute approximate surface area is 161 Å². The Morgan fingerprint density at radius 2 is 1.89 bits per heavy atom. The van der Waals surface area contributed by atoms with Gasteiger partial charge in [0.05, 0.1) is 11.8 Å². The fourth-order valence-corrected chi connectivity index (χ4v) is 2.73. The summed E-state index contributed by atoms with van der Waals surface area (Å²) in [6.07, 6.45) is 1.64. The third-order valence-corrected chi connectivity index (χ3v) is 4.03. The number of hydrogen-bond acceptors (Lipinski definition) is 4. The first-order valence-electron chi connectivity index (χ1n) is 8.69. The zero-order chi connectivity index (χ0) is 20.4.